The van der Waals surface area contributed by atoms with Gasteiger partial charge < -0.3 is 9.80 Å². The van der Waals surface area contributed by atoms with Crippen molar-refractivity contribution >= 4 is 18.2 Å². The first-order valence-corrected chi connectivity index (χ1v) is 13.2. The highest BCUT2D eigenvalue weighted by Gasteiger charge is 2.19. The zero-order valence-electron chi connectivity index (χ0n) is 23.5. The molecule has 10 nitrogen and oxygen atoms in total. The van der Waals surface area contributed by atoms with Crippen LogP contribution in [0.3, 0.4) is 0 Å². The number of imidazole rings is 1. The topological polar surface area (TPSA) is 93.9 Å². The van der Waals surface area contributed by atoms with E-state index in [0.717, 1.165) is 66.7 Å². The zero-order valence-corrected chi connectivity index (χ0v) is 23.5. The van der Waals surface area contributed by atoms with E-state index >= 15 is 0 Å². The molecule has 0 atom stereocenters. The molecule has 1 saturated heterocycles. The van der Waals surface area contributed by atoms with E-state index in [0.29, 0.717) is 11.3 Å². The molecule has 0 saturated carbocycles. The Balaban J connectivity index is 1.31. The Morgan fingerprint density at radius 1 is 1.05 bits per heavy atom. The molecule has 0 spiro atoms. The van der Waals surface area contributed by atoms with Crippen LogP contribution in [-0.4, -0.2) is 87.5 Å². The van der Waals surface area contributed by atoms with Crippen LogP contribution in [0.15, 0.2) is 77.6 Å². The quantitative estimate of drug-likeness (QED) is 0.250. The minimum Gasteiger partial charge on any atom is -0.363 e. The van der Waals surface area contributed by atoms with Gasteiger partial charge in [0.1, 0.15) is 29.0 Å². The van der Waals surface area contributed by atoms with Gasteiger partial charge in [-0.15, -0.1) is 0 Å². The predicted octanol–water partition coefficient (Wildman–Crippen LogP) is 3.84. The van der Waals surface area contributed by atoms with E-state index in [1.54, 1.807) is 10.9 Å². The van der Waals surface area contributed by atoms with Crippen LogP contribution in [0.25, 0.3) is 28.0 Å². The SMILES string of the molecule is C=N/C(=C\C=C(/C)CN1CCN(c2ccc(-c3cc(-c4cnn(C)c4)cc4ncc(C#N)n34)cn2)CC1)N(C)C. The maximum atomic E-state index is 9.70. The average Bonchev–Trinajstić information content (AvgIpc) is 3.59. The first-order chi connectivity index (χ1) is 19.4. The van der Waals surface area contributed by atoms with Crippen molar-refractivity contribution in [1.29, 1.82) is 5.26 Å². The molecule has 0 aromatic carbocycles. The Bertz CT molecular complexity index is 1610. The number of fused-ring (bicyclic) bond motifs is 1. The second-order valence-corrected chi connectivity index (χ2v) is 10.2. The van der Waals surface area contributed by atoms with Crippen molar-refractivity contribution in [3.8, 4) is 28.5 Å². The molecule has 5 rings (SSSR count). The van der Waals surface area contributed by atoms with Gasteiger partial charge in [0, 0.05) is 77.4 Å². The fourth-order valence-corrected chi connectivity index (χ4v) is 4.97. The van der Waals surface area contributed by atoms with Crippen LogP contribution in [-0.2, 0) is 7.05 Å². The highest BCUT2D eigenvalue weighted by atomic mass is 15.3. The monoisotopic (exact) mass is 534 g/mol. The third-order valence-electron chi connectivity index (χ3n) is 7.11. The maximum Gasteiger partial charge on any atom is 0.145 e. The lowest BCUT2D eigenvalue weighted by Crippen LogP contribution is -2.47. The molecular weight excluding hydrogens is 500 g/mol. The van der Waals surface area contributed by atoms with Crippen LogP contribution in [0.4, 0.5) is 5.82 Å². The van der Waals surface area contributed by atoms with E-state index in [-0.39, 0.29) is 0 Å². The first-order valence-electron chi connectivity index (χ1n) is 13.2. The lowest BCUT2D eigenvalue weighted by Gasteiger charge is -2.35. The van der Waals surface area contributed by atoms with Gasteiger partial charge in [-0.1, -0.05) is 11.6 Å². The van der Waals surface area contributed by atoms with E-state index in [2.05, 4.69) is 68.9 Å². The molecule has 204 valence electrons. The summed E-state index contributed by atoms with van der Waals surface area (Å²) in [5.74, 6) is 1.80. The zero-order chi connectivity index (χ0) is 28.2. The van der Waals surface area contributed by atoms with Crippen molar-refractivity contribution in [2.75, 3.05) is 51.7 Å². The van der Waals surface area contributed by atoms with Gasteiger partial charge in [-0.05, 0) is 49.5 Å². The summed E-state index contributed by atoms with van der Waals surface area (Å²) in [5.41, 5.74) is 6.27. The Morgan fingerprint density at radius 2 is 1.85 bits per heavy atom. The molecule has 0 unspecified atom stereocenters. The molecule has 0 bridgehead atoms. The Labute approximate surface area is 234 Å². The van der Waals surface area contributed by atoms with Gasteiger partial charge in [0.2, 0.25) is 0 Å². The smallest absolute Gasteiger partial charge is 0.145 e. The number of pyridine rings is 2. The summed E-state index contributed by atoms with van der Waals surface area (Å²) in [4.78, 5) is 20.1. The van der Waals surface area contributed by atoms with E-state index < -0.39 is 0 Å². The number of nitriles is 1. The largest absolute Gasteiger partial charge is 0.363 e. The number of allylic oxidation sites excluding steroid dienone is 2. The van der Waals surface area contributed by atoms with Crippen molar-refractivity contribution in [2.45, 2.75) is 6.92 Å². The second kappa shape index (κ2) is 11.6. The molecule has 4 aromatic heterocycles. The molecule has 0 aliphatic carbocycles. The van der Waals surface area contributed by atoms with Crippen molar-refractivity contribution in [1.82, 2.24) is 33.9 Å². The number of aryl methyl sites for hydroxylation is 1. The third-order valence-corrected chi connectivity index (χ3v) is 7.11. The fraction of sp³-hybridized carbons (Fsp3) is 0.300. The number of hydrogen-bond donors (Lipinski definition) is 0. The molecule has 40 heavy (non-hydrogen) atoms. The number of rotatable bonds is 8. The summed E-state index contributed by atoms with van der Waals surface area (Å²) in [6, 6.07) is 10.5. The standard InChI is InChI=1S/C30H34N10/c1-22(6-8-28(32-2)36(3)4)20-38-10-12-39(13-11-38)29-9-7-23(17-33-29)27-14-24(25-18-35-37(5)21-25)15-30-34-19-26(16-31)40(27)30/h6-9,14-15,17-19,21H,2,10-13,20H2,1,3-5H3/b22-6+,28-8+. The number of aliphatic imine (C=N–C) groups is 1. The van der Waals surface area contributed by atoms with Gasteiger partial charge in [-0.2, -0.15) is 10.4 Å². The van der Waals surface area contributed by atoms with Gasteiger partial charge in [0.05, 0.1) is 18.1 Å². The number of anilines is 1. The Hall–Kier alpha value is -4.75. The summed E-state index contributed by atoms with van der Waals surface area (Å²) in [6.45, 7) is 10.5. The first kappa shape index (κ1) is 26.8. The predicted molar refractivity (Wildman–Crippen MR) is 159 cm³/mol. The van der Waals surface area contributed by atoms with E-state index in [1.165, 1.54) is 5.57 Å². The summed E-state index contributed by atoms with van der Waals surface area (Å²) in [5, 5.41) is 14.0. The molecule has 5 heterocycles. The molecule has 1 aliphatic heterocycles. The van der Waals surface area contributed by atoms with E-state index in [9.17, 15) is 5.26 Å². The molecule has 1 fully saturated rings. The van der Waals surface area contributed by atoms with Crippen molar-refractivity contribution in [3.63, 3.8) is 0 Å². The van der Waals surface area contributed by atoms with E-state index in [1.807, 2.05) is 61.2 Å². The van der Waals surface area contributed by atoms with Gasteiger partial charge >= 0.3 is 0 Å². The average molecular weight is 535 g/mol. The van der Waals surface area contributed by atoms with Gasteiger partial charge in [0.25, 0.3) is 0 Å². The van der Waals surface area contributed by atoms with E-state index in [4.69, 9.17) is 4.98 Å². The summed E-state index contributed by atoms with van der Waals surface area (Å²) < 4.78 is 3.66. The Morgan fingerprint density at radius 3 is 2.48 bits per heavy atom. The molecule has 0 radical (unpaired) electrons. The maximum absolute atomic E-state index is 9.70. The Kier molecular flexibility index (Phi) is 7.75. The molecule has 0 N–H and O–H groups in total. The van der Waals surface area contributed by atoms with Crippen LogP contribution >= 0.6 is 0 Å². The van der Waals surface area contributed by atoms with Gasteiger partial charge in [-0.3, -0.25) is 14.0 Å². The summed E-state index contributed by atoms with van der Waals surface area (Å²) in [6.07, 6.45) is 11.4. The highest BCUT2D eigenvalue weighted by molar-refractivity contribution is 5.75. The fourth-order valence-electron chi connectivity index (χ4n) is 4.97. The number of piperazine rings is 1. The van der Waals surface area contributed by atoms with Crippen LogP contribution in [0, 0.1) is 11.3 Å². The van der Waals surface area contributed by atoms with Gasteiger partial charge in [0.15, 0.2) is 0 Å². The number of nitrogens with zero attached hydrogens (tertiary/aromatic N) is 10. The number of hydrogen-bond acceptors (Lipinski definition) is 8. The summed E-state index contributed by atoms with van der Waals surface area (Å²) in [7, 11) is 5.82. The molecular formula is C30H34N10. The van der Waals surface area contributed by atoms with Crippen LogP contribution in [0.2, 0.25) is 0 Å². The van der Waals surface area contributed by atoms with Crippen molar-refractivity contribution in [2.24, 2.45) is 12.0 Å². The lowest BCUT2D eigenvalue weighted by molar-refractivity contribution is 0.277. The van der Waals surface area contributed by atoms with Crippen molar-refractivity contribution < 1.29 is 0 Å². The normalized spacial score (nSPS) is 14.9. The second-order valence-electron chi connectivity index (χ2n) is 10.2. The van der Waals surface area contributed by atoms with Crippen LogP contribution < -0.4 is 4.90 Å². The summed E-state index contributed by atoms with van der Waals surface area (Å²) >= 11 is 0. The van der Waals surface area contributed by atoms with Gasteiger partial charge in [-0.25, -0.2) is 15.0 Å². The molecule has 4 aromatic rings. The molecule has 10 heteroatoms. The lowest BCUT2D eigenvalue weighted by atomic mass is 10.1. The third kappa shape index (κ3) is 5.65. The van der Waals surface area contributed by atoms with Crippen molar-refractivity contribution in [3.05, 3.63) is 78.3 Å². The van der Waals surface area contributed by atoms with Crippen LogP contribution in [0.1, 0.15) is 12.6 Å². The minimum atomic E-state index is 0.487. The highest BCUT2D eigenvalue weighted by Crippen LogP contribution is 2.30. The molecule has 0 amide bonds. The molecule has 1 aliphatic rings. The minimum absolute atomic E-state index is 0.487. The van der Waals surface area contributed by atoms with Crippen LogP contribution in [0.5, 0.6) is 0 Å². The number of aromatic nitrogens is 5.